The lowest BCUT2D eigenvalue weighted by Crippen LogP contribution is -2.27. The normalized spacial score (nSPS) is 49.6. The van der Waals surface area contributed by atoms with Crippen LogP contribution in [-0.2, 0) is 14.2 Å². The Labute approximate surface area is 65.1 Å². The summed E-state index contributed by atoms with van der Waals surface area (Å²) >= 11 is 0. The first-order valence-electron chi connectivity index (χ1n) is 3.81. The number of rotatable bonds is 1. The van der Waals surface area contributed by atoms with E-state index in [-0.39, 0.29) is 12.2 Å². The average molecular weight is 160 g/mol. The fourth-order valence-electron chi connectivity index (χ4n) is 1.66. The molecule has 2 fully saturated rings. The minimum atomic E-state index is -0.521. The van der Waals surface area contributed by atoms with Crippen molar-refractivity contribution in [2.75, 3.05) is 13.7 Å². The Morgan fingerprint density at radius 2 is 2.36 bits per heavy atom. The van der Waals surface area contributed by atoms with Gasteiger partial charge in [-0.2, -0.15) is 0 Å². The second-order valence-electron chi connectivity index (χ2n) is 2.92. The van der Waals surface area contributed by atoms with Crippen molar-refractivity contribution in [1.82, 2.24) is 0 Å². The molecule has 0 aliphatic carbocycles. The van der Waals surface area contributed by atoms with Gasteiger partial charge in [0.1, 0.15) is 6.10 Å². The molecule has 2 aliphatic heterocycles. The summed E-state index contributed by atoms with van der Waals surface area (Å²) in [6, 6.07) is 0. The number of fused-ring (bicyclic) bond motifs is 1. The summed E-state index contributed by atoms with van der Waals surface area (Å²) in [7, 11) is 1.52. The van der Waals surface area contributed by atoms with Gasteiger partial charge >= 0.3 is 0 Å². The number of ether oxygens (including phenoxy) is 3. The van der Waals surface area contributed by atoms with Crippen LogP contribution in [0.4, 0.5) is 0 Å². The summed E-state index contributed by atoms with van der Waals surface area (Å²) in [4.78, 5) is 0. The van der Waals surface area contributed by atoms with Gasteiger partial charge in [0, 0.05) is 13.0 Å². The van der Waals surface area contributed by atoms with Gasteiger partial charge in [-0.05, 0) is 6.42 Å². The summed E-state index contributed by atoms with van der Waals surface area (Å²) in [5, 5.41) is 9.53. The van der Waals surface area contributed by atoms with E-state index in [0.29, 0.717) is 6.61 Å². The number of hydrogen-bond donors (Lipinski definition) is 1. The Balaban J connectivity index is 2.04. The lowest BCUT2D eigenvalue weighted by Gasteiger charge is -2.13. The van der Waals surface area contributed by atoms with E-state index in [1.54, 1.807) is 0 Å². The number of aliphatic hydroxyl groups is 1. The van der Waals surface area contributed by atoms with Gasteiger partial charge in [-0.25, -0.2) is 0 Å². The third-order valence-electron chi connectivity index (χ3n) is 2.30. The van der Waals surface area contributed by atoms with Crippen LogP contribution < -0.4 is 0 Å². The Morgan fingerprint density at radius 1 is 1.55 bits per heavy atom. The van der Waals surface area contributed by atoms with Crippen LogP contribution in [0.3, 0.4) is 0 Å². The van der Waals surface area contributed by atoms with Gasteiger partial charge in [-0.1, -0.05) is 0 Å². The first kappa shape index (κ1) is 7.49. The minimum absolute atomic E-state index is 0.111. The van der Waals surface area contributed by atoms with Crippen LogP contribution in [0.15, 0.2) is 0 Å². The van der Waals surface area contributed by atoms with Crippen LogP contribution in [0.25, 0.3) is 0 Å². The van der Waals surface area contributed by atoms with Crippen molar-refractivity contribution in [1.29, 1.82) is 0 Å². The molecule has 0 aromatic heterocycles. The van der Waals surface area contributed by atoms with E-state index in [2.05, 4.69) is 0 Å². The molecule has 0 saturated carbocycles. The Bertz CT molecular complexity index is 149. The molecule has 64 valence electrons. The van der Waals surface area contributed by atoms with Crippen molar-refractivity contribution in [3.05, 3.63) is 0 Å². The zero-order valence-electron chi connectivity index (χ0n) is 6.40. The highest BCUT2D eigenvalue weighted by Crippen LogP contribution is 2.35. The Morgan fingerprint density at radius 3 is 3.00 bits per heavy atom. The molecule has 0 aromatic carbocycles. The summed E-state index contributed by atoms with van der Waals surface area (Å²) < 4.78 is 15.4. The van der Waals surface area contributed by atoms with Gasteiger partial charge in [0.25, 0.3) is 0 Å². The van der Waals surface area contributed by atoms with Crippen molar-refractivity contribution in [2.24, 2.45) is 5.92 Å². The van der Waals surface area contributed by atoms with E-state index >= 15 is 0 Å². The molecule has 1 N–H and O–H groups in total. The molecule has 4 nitrogen and oxygen atoms in total. The highest BCUT2D eigenvalue weighted by molar-refractivity contribution is 4.85. The molecule has 4 atom stereocenters. The lowest BCUT2D eigenvalue weighted by atomic mass is 10.0. The largest absolute Gasteiger partial charge is 0.387 e. The van der Waals surface area contributed by atoms with Gasteiger partial charge in [0.2, 0.25) is 0 Å². The molecular weight excluding hydrogens is 148 g/mol. The zero-order chi connectivity index (χ0) is 7.84. The molecule has 0 spiro atoms. The van der Waals surface area contributed by atoms with Gasteiger partial charge in [-0.15, -0.1) is 0 Å². The molecule has 2 rings (SSSR count). The molecule has 2 heterocycles. The zero-order valence-corrected chi connectivity index (χ0v) is 6.40. The molecule has 1 unspecified atom stereocenters. The van der Waals surface area contributed by atoms with Gasteiger partial charge in [0.15, 0.2) is 12.6 Å². The fraction of sp³-hybridized carbons (Fsp3) is 1.00. The monoisotopic (exact) mass is 160 g/mol. The second-order valence-corrected chi connectivity index (χ2v) is 2.92. The molecule has 0 aromatic rings. The first-order valence-corrected chi connectivity index (χ1v) is 3.81. The van der Waals surface area contributed by atoms with Gasteiger partial charge < -0.3 is 19.3 Å². The third-order valence-corrected chi connectivity index (χ3v) is 2.30. The predicted octanol–water partition coefficient (Wildman–Crippen LogP) is -0.287. The lowest BCUT2D eigenvalue weighted by molar-refractivity contribution is -0.201. The number of methoxy groups -OCH3 is 1. The van der Waals surface area contributed by atoms with Gasteiger partial charge in [0.05, 0.1) is 6.61 Å². The van der Waals surface area contributed by atoms with Gasteiger partial charge in [-0.3, -0.25) is 0 Å². The van der Waals surface area contributed by atoms with E-state index < -0.39 is 12.4 Å². The second kappa shape index (κ2) is 2.71. The molecule has 0 bridgehead atoms. The maximum atomic E-state index is 9.53. The smallest absolute Gasteiger partial charge is 0.186 e. The maximum Gasteiger partial charge on any atom is 0.186 e. The van der Waals surface area contributed by atoms with E-state index in [9.17, 15) is 5.11 Å². The standard InChI is InChI=1S/C7H12O4/c1-9-7-5(8)4-2-3-10-6(4)11-7/h4-8H,2-3H2,1H3/t4?,5-,6+,7-/m0/s1. The molecule has 0 radical (unpaired) electrons. The van der Waals surface area contributed by atoms with E-state index in [1.807, 2.05) is 0 Å². The summed E-state index contributed by atoms with van der Waals surface area (Å²) in [5.41, 5.74) is 0. The van der Waals surface area contributed by atoms with Crippen LogP contribution in [0, 0.1) is 5.92 Å². The van der Waals surface area contributed by atoms with Crippen LogP contribution >= 0.6 is 0 Å². The molecule has 11 heavy (non-hydrogen) atoms. The van der Waals surface area contributed by atoms with Crippen LogP contribution in [0.5, 0.6) is 0 Å². The molecule has 2 aliphatic rings. The van der Waals surface area contributed by atoms with E-state index in [0.717, 1.165) is 6.42 Å². The SMILES string of the molecule is CO[C@H]1O[C@H]2OCCC2[C@@H]1O. The molecule has 2 saturated heterocycles. The predicted molar refractivity (Wildman–Crippen MR) is 35.7 cm³/mol. The molecule has 0 amide bonds. The summed E-state index contributed by atoms with van der Waals surface area (Å²) in [5.74, 6) is 0.111. The summed E-state index contributed by atoms with van der Waals surface area (Å²) in [6.07, 6.45) is -0.390. The summed E-state index contributed by atoms with van der Waals surface area (Å²) in [6.45, 7) is 0.683. The highest BCUT2D eigenvalue weighted by atomic mass is 16.8. The quantitative estimate of drug-likeness (QED) is 0.572. The van der Waals surface area contributed by atoms with E-state index in [1.165, 1.54) is 7.11 Å². The maximum absolute atomic E-state index is 9.53. The van der Waals surface area contributed by atoms with Crippen molar-refractivity contribution in [3.8, 4) is 0 Å². The Kier molecular flexibility index (Phi) is 1.85. The number of hydrogen-bond acceptors (Lipinski definition) is 4. The van der Waals surface area contributed by atoms with Crippen LogP contribution in [-0.4, -0.2) is 37.5 Å². The first-order chi connectivity index (χ1) is 5.33. The highest BCUT2D eigenvalue weighted by Gasteiger charge is 2.47. The van der Waals surface area contributed by atoms with Crippen molar-refractivity contribution >= 4 is 0 Å². The topological polar surface area (TPSA) is 47.9 Å². The average Bonchev–Trinajstić information content (AvgIpc) is 2.53. The number of aliphatic hydroxyl groups excluding tert-OH is 1. The Hall–Kier alpha value is -0.160. The van der Waals surface area contributed by atoms with Crippen molar-refractivity contribution in [3.63, 3.8) is 0 Å². The minimum Gasteiger partial charge on any atom is -0.387 e. The van der Waals surface area contributed by atoms with E-state index in [4.69, 9.17) is 14.2 Å². The van der Waals surface area contributed by atoms with Crippen LogP contribution in [0.2, 0.25) is 0 Å². The van der Waals surface area contributed by atoms with Crippen molar-refractivity contribution < 1.29 is 19.3 Å². The molecular formula is C7H12O4. The fourth-order valence-corrected chi connectivity index (χ4v) is 1.66. The molecule has 4 heteroatoms. The van der Waals surface area contributed by atoms with Crippen molar-refractivity contribution in [2.45, 2.75) is 25.1 Å². The van der Waals surface area contributed by atoms with Crippen LogP contribution in [0.1, 0.15) is 6.42 Å². The third kappa shape index (κ3) is 1.06.